The Bertz CT molecular complexity index is 781. The molecule has 0 saturated heterocycles. The number of tetrazole rings is 1. The zero-order valence-corrected chi connectivity index (χ0v) is 11.8. The summed E-state index contributed by atoms with van der Waals surface area (Å²) in [4.78, 5) is 0. The van der Waals surface area contributed by atoms with Crippen molar-refractivity contribution in [1.29, 1.82) is 0 Å². The highest BCUT2D eigenvalue weighted by Gasteiger charge is 2.13. The zero-order chi connectivity index (χ0) is 14.8. The van der Waals surface area contributed by atoms with E-state index in [1.165, 1.54) is 0 Å². The summed E-state index contributed by atoms with van der Waals surface area (Å²) in [6.45, 7) is 2.00. The van der Waals surface area contributed by atoms with Gasteiger partial charge in [-0.2, -0.15) is 4.68 Å². The molecule has 0 radical (unpaired) electrons. The number of rotatable bonds is 3. The number of methoxy groups -OCH3 is 1. The summed E-state index contributed by atoms with van der Waals surface area (Å²) in [5.74, 6) is 1.39. The molecule has 2 N–H and O–H groups in total. The van der Waals surface area contributed by atoms with Crippen LogP contribution in [0.1, 0.15) is 5.56 Å². The molecule has 0 fully saturated rings. The van der Waals surface area contributed by atoms with E-state index >= 15 is 0 Å². The van der Waals surface area contributed by atoms with Crippen molar-refractivity contribution < 1.29 is 4.74 Å². The molecule has 21 heavy (non-hydrogen) atoms. The van der Waals surface area contributed by atoms with Crippen molar-refractivity contribution in [2.75, 3.05) is 12.8 Å². The fourth-order valence-electron chi connectivity index (χ4n) is 2.15. The second-order valence-electron chi connectivity index (χ2n) is 4.69. The number of nitrogens with zero attached hydrogens (tertiary/aromatic N) is 4. The maximum Gasteiger partial charge on any atom is 0.187 e. The Kier molecular flexibility index (Phi) is 3.27. The van der Waals surface area contributed by atoms with Gasteiger partial charge in [0.2, 0.25) is 0 Å². The van der Waals surface area contributed by atoms with Crippen molar-refractivity contribution in [1.82, 2.24) is 20.2 Å². The van der Waals surface area contributed by atoms with Gasteiger partial charge in [-0.15, -0.1) is 5.10 Å². The smallest absolute Gasteiger partial charge is 0.187 e. The van der Waals surface area contributed by atoms with Gasteiger partial charge in [-0.1, -0.05) is 12.1 Å². The Labute approximate surface area is 122 Å². The first kappa shape index (κ1) is 13.1. The van der Waals surface area contributed by atoms with Crippen LogP contribution in [0.15, 0.2) is 42.5 Å². The highest BCUT2D eigenvalue weighted by atomic mass is 16.5. The number of nitrogens with two attached hydrogens (primary N) is 1. The zero-order valence-electron chi connectivity index (χ0n) is 11.8. The van der Waals surface area contributed by atoms with Gasteiger partial charge in [-0.25, -0.2) is 0 Å². The molecule has 1 heterocycles. The summed E-state index contributed by atoms with van der Waals surface area (Å²) >= 11 is 0. The molecule has 0 bridgehead atoms. The quantitative estimate of drug-likeness (QED) is 0.745. The van der Waals surface area contributed by atoms with Crippen LogP contribution in [-0.4, -0.2) is 27.3 Å². The first-order chi connectivity index (χ1) is 10.2. The molecule has 0 saturated carbocycles. The van der Waals surface area contributed by atoms with Gasteiger partial charge in [-0.3, -0.25) is 0 Å². The summed E-state index contributed by atoms with van der Waals surface area (Å²) in [6.07, 6.45) is 0. The molecule has 3 aromatic rings. The molecule has 0 atom stereocenters. The maximum absolute atomic E-state index is 5.87. The molecule has 0 aliphatic carbocycles. The number of aryl methyl sites for hydroxylation is 1. The van der Waals surface area contributed by atoms with Crippen LogP contribution < -0.4 is 10.5 Å². The predicted octanol–water partition coefficient (Wildman–Crippen LogP) is 2.23. The van der Waals surface area contributed by atoms with Gasteiger partial charge >= 0.3 is 0 Å². The van der Waals surface area contributed by atoms with E-state index in [0.717, 1.165) is 22.6 Å². The second kappa shape index (κ2) is 5.24. The Hall–Kier alpha value is -2.89. The van der Waals surface area contributed by atoms with Gasteiger partial charge in [0.25, 0.3) is 0 Å². The molecule has 3 rings (SSSR count). The van der Waals surface area contributed by atoms with Gasteiger partial charge in [0.05, 0.1) is 12.8 Å². The van der Waals surface area contributed by atoms with Gasteiger partial charge in [0.1, 0.15) is 5.75 Å². The van der Waals surface area contributed by atoms with Gasteiger partial charge in [0.15, 0.2) is 5.82 Å². The summed E-state index contributed by atoms with van der Waals surface area (Å²) in [6, 6.07) is 13.3. The Balaban J connectivity index is 2.14. The summed E-state index contributed by atoms with van der Waals surface area (Å²) < 4.78 is 6.91. The van der Waals surface area contributed by atoms with Crippen molar-refractivity contribution in [2.45, 2.75) is 6.92 Å². The first-order valence-electron chi connectivity index (χ1n) is 6.48. The Morgan fingerprint density at radius 3 is 2.81 bits per heavy atom. The van der Waals surface area contributed by atoms with Crippen LogP contribution in [0.25, 0.3) is 17.1 Å². The lowest BCUT2D eigenvalue weighted by atomic mass is 10.1. The average molecular weight is 281 g/mol. The van der Waals surface area contributed by atoms with E-state index in [9.17, 15) is 0 Å². The molecule has 0 spiro atoms. The summed E-state index contributed by atoms with van der Waals surface area (Å²) in [5.41, 5.74) is 9.34. The maximum atomic E-state index is 5.87. The molecule has 0 amide bonds. The fraction of sp³-hybridized carbons (Fsp3) is 0.133. The number of aromatic nitrogens is 4. The number of ether oxygens (including phenoxy) is 1. The molecular weight excluding hydrogens is 266 g/mol. The number of hydrogen-bond acceptors (Lipinski definition) is 5. The van der Waals surface area contributed by atoms with E-state index < -0.39 is 0 Å². The van der Waals surface area contributed by atoms with Crippen molar-refractivity contribution in [2.24, 2.45) is 0 Å². The van der Waals surface area contributed by atoms with Crippen molar-refractivity contribution in [3.05, 3.63) is 48.0 Å². The lowest BCUT2D eigenvalue weighted by Crippen LogP contribution is -2.01. The van der Waals surface area contributed by atoms with Crippen LogP contribution in [0.5, 0.6) is 5.75 Å². The number of nitrogen functional groups attached to an aromatic ring is 1. The van der Waals surface area contributed by atoms with E-state index in [4.69, 9.17) is 10.5 Å². The topological polar surface area (TPSA) is 78.8 Å². The number of hydrogen-bond donors (Lipinski definition) is 1. The van der Waals surface area contributed by atoms with Gasteiger partial charge in [0, 0.05) is 17.3 Å². The largest absolute Gasteiger partial charge is 0.497 e. The van der Waals surface area contributed by atoms with Crippen molar-refractivity contribution >= 4 is 5.69 Å². The Morgan fingerprint density at radius 1 is 1.14 bits per heavy atom. The lowest BCUT2D eigenvalue weighted by Gasteiger charge is -2.09. The van der Waals surface area contributed by atoms with Crippen LogP contribution in [0.3, 0.4) is 0 Å². The van der Waals surface area contributed by atoms with Crippen LogP contribution in [0, 0.1) is 6.92 Å². The van der Waals surface area contributed by atoms with E-state index in [2.05, 4.69) is 15.5 Å². The third-order valence-corrected chi connectivity index (χ3v) is 3.27. The van der Waals surface area contributed by atoms with Crippen LogP contribution in [-0.2, 0) is 0 Å². The second-order valence-corrected chi connectivity index (χ2v) is 4.69. The highest BCUT2D eigenvalue weighted by Crippen LogP contribution is 2.26. The third kappa shape index (κ3) is 2.43. The molecule has 0 aliphatic rings. The van der Waals surface area contributed by atoms with Crippen molar-refractivity contribution in [3.8, 4) is 22.8 Å². The molecule has 6 nitrogen and oxygen atoms in total. The minimum Gasteiger partial charge on any atom is -0.497 e. The molecule has 106 valence electrons. The molecular formula is C15H15N5O. The van der Waals surface area contributed by atoms with Gasteiger partial charge in [-0.05, 0) is 47.2 Å². The summed E-state index contributed by atoms with van der Waals surface area (Å²) in [7, 11) is 1.63. The van der Waals surface area contributed by atoms with E-state index in [1.54, 1.807) is 11.8 Å². The Morgan fingerprint density at radius 2 is 2.00 bits per heavy atom. The monoisotopic (exact) mass is 281 g/mol. The molecule has 1 aromatic heterocycles. The normalized spacial score (nSPS) is 10.6. The van der Waals surface area contributed by atoms with Gasteiger partial charge < -0.3 is 10.5 Å². The van der Waals surface area contributed by atoms with E-state index in [0.29, 0.717) is 11.5 Å². The highest BCUT2D eigenvalue weighted by molar-refractivity contribution is 5.66. The SMILES string of the molecule is COc1cccc(-n2nnnc2-c2cc(N)ccc2C)c1. The summed E-state index contributed by atoms with van der Waals surface area (Å²) in [5, 5.41) is 12.0. The van der Waals surface area contributed by atoms with E-state index in [-0.39, 0.29) is 0 Å². The van der Waals surface area contributed by atoms with E-state index in [1.807, 2.05) is 49.4 Å². The van der Waals surface area contributed by atoms with Crippen LogP contribution in [0.2, 0.25) is 0 Å². The standard InChI is InChI=1S/C15H15N5O/c1-10-6-7-11(16)8-14(10)15-17-18-19-20(15)12-4-3-5-13(9-12)21-2/h3-9H,16H2,1-2H3. The molecule has 2 aromatic carbocycles. The van der Waals surface area contributed by atoms with Crippen molar-refractivity contribution in [3.63, 3.8) is 0 Å². The minimum absolute atomic E-state index is 0.646. The first-order valence-corrected chi connectivity index (χ1v) is 6.48. The minimum atomic E-state index is 0.646. The van der Waals surface area contributed by atoms with Crippen LogP contribution >= 0.6 is 0 Å². The molecule has 0 unspecified atom stereocenters. The average Bonchev–Trinajstić information content (AvgIpc) is 2.99. The third-order valence-electron chi connectivity index (χ3n) is 3.27. The lowest BCUT2D eigenvalue weighted by molar-refractivity contribution is 0.414. The number of anilines is 1. The fourth-order valence-corrected chi connectivity index (χ4v) is 2.15. The van der Waals surface area contributed by atoms with Crippen LogP contribution in [0.4, 0.5) is 5.69 Å². The molecule has 0 aliphatic heterocycles. The molecule has 6 heteroatoms. The predicted molar refractivity (Wildman–Crippen MR) is 80.3 cm³/mol. The number of benzene rings is 2.